The standard InChI is InChI=1S/C16H11N3O5/c20-9-12-15(10-3-4-13-14(8-10)24-7-6-23-13)17-16-11(19(21)22)2-1-5-18(12)16/h1-5,8-9H,6-7H2. The van der Waals surface area contributed by atoms with Gasteiger partial charge in [-0.05, 0) is 24.3 Å². The molecule has 3 heterocycles. The predicted molar refractivity (Wildman–Crippen MR) is 83.7 cm³/mol. The number of fused-ring (bicyclic) bond motifs is 2. The summed E-state index contributed by atoms with van der Waals surface area (Å²) < 4.78 is 12.4. The highest BCUT2D eigenvalue weighted by Crippen LogP contribution is 2.36. The van der Waals surface area contributed by atoms with Crippen molar-refractivity contribution in [2.45, 2.75) is 0 Å². The third-order valence-corrected chi connectivity index (χ3v) is 3.79. The molecule has 0 aliphatic carbocycles. The summed E-state index contributed by atoms with van der Waals surface area (Å²) in [4.78, 5) is 26.5. The Morgan fingerprint density at radius 1 is 1.21 bits per heavy atom. The molecule has 0 N–H and O–H groups in total. The van der Waals surface area contributed by atoms with E-state index in [0.29, 0.717) is 42.3 Å². The van der Waals surface area contributed by atoms with E-state index in [2.05, 4.69) is 4.98 Å². The fourth-order valence-corrected chi connectivity index (χ4v) is 2.73. The highest BCUT2D eigenvalue weighted by molar-refractivity contribution is 5.88. The number of imidazole rings is 1. The number of aromatic nitrogens is 2. The molecule has 0 fully saturated rings. The normalized spacial score (nSPS) is 13.0. The van der Waals surface area contributed by atoms with Gasteiger partial charge in [0.05, 0.1) is 4.92 Å². The van der Waals surface area contributed by atoms with Crippen molar-refractivity contribution in [1.29, 1.82) is 0 Å². The minimum Gasteiger partial charge on any atom is -0.486 e. The summed E-state index contributed by atoms with van der Waals surface area (Å²) >= 11 is 0. The Kier molecular flexibility index (Phi) is 3.16. The van der Waals surface area contributed by atoms with E-state index in [1.54, 1.807) is 24.4 Å². The zero-order valence-corrected chi connectivity index (χ0v) is 12.3. The highest BCUT2D eigenvalue weighted by Gasteiger charge is 2.22. The van der Waals surface area contributed by atoms with Gasteiger partial charge in [-0.1, -0.05) is 0 Å². The lowest BCUT2D eigenvalue weighted by atomic mass is 10.1. The Bertz CT molecular complexity index is 979. The number of ether oxygens (including phenoxy) is 2. The van der Waals surface area contributed by atoms with E-state index in [4.69, 9.17) is 9.47 Å². The van der Waals surface area contributed by atoms with Crippen molar-refractivity contribution in [2.24, 2.45) is 0 Å². The van der Waals surface area contributed by atoms with Crippen LogP contribution in [0.3, 0.4) is 0 Å². The third kappa shape index (κ3) is 2.08. The van der Waals surface area contributed by atoms with Crippen LogP contribution in [0.25, 0.3) is 16.9 Å². The molecule has 1 aliphatic heterocycles. The Labute approximate surface area is 135 Å². The zero-order chi connectivity index (χ0) is 16.7. The Morgan fingerprint density at radius 2 is 2.00 bits per heavy atom. The van der Waals surface area contributed by atoms with Crippen LogP contribution < -0.4 is 9.47 Å². The minimum atomic E-state index is -0.523. The number of carbonyl (C=O) groups excluding carboxylic acids is 1. The molecular weight excluding hydrogens is 314 g/mol. The maximum absolute atomic E-state index is 11.6. The van der Waals surface area contributed by atoms with E-state index in [1.165, 1.54) is 16.5 Å². The fourth-order valence-electron chi connectivity index (χ4n) is 2.73. The van der Waals surface area contributed by atoms with Crippen LogP contribution >= 0.6 is 0 Å². The predicted octanol–water partition coefficient (Wildman–Crippen LogP) is 2.49. The van der Waals surface area contributed by atoms with Crippen LogP contribution in [0.2, 0.25) is 0 Å². The van der Waals surface area contributed by atoms with Crippen LogP contribution in [0, 0.1) is 10.1 Å². The van der Waals surface area contributed by atoms with Gasteiger partial charge in [-0.15, -0.1) is 0 Å². The van der Waals surface area contributed by atoms with E-state index in [9.17, 15) is 14.9 Å². The number of carbonyl (C=O) groups is 1. The highest BCUT2D eigenvalue weighted by atomic mass is 16.6. The molecule has 1 aromatic carbocycles. The smallest absolute Gasteiger partial charge is 0.312 e. The number of hydrogen-bond acceptors (Lipinski definition) is 6. The largest absolute Gasteiger partial charge is 0.486 e. The summed E-state index contributed by atoms with van der Waals surface area (Å²) in [7, 11) is 0. The maximum atomic E-state index is 11.6. The third-order valence-electron chi connectivity index (χ3n) is 3.79. The second kappa shape index (κ2) is 5.34. The topological polar surface area (TPSA) is 96.0 Å². The maximum Gasteiger partial charge on any atom is 0.312 e. The van der Waals surface area contributed by atoms with E-state index >= 15 is 0 Å². The average Bonchev–Trinajstić information content (AvgIpc) is 2.99. The van der Waals surface area contributed by atoms with Crippen LogP contribution in [0.15, 0.2) is 36.5 Å². The summed E-state index contributed by atoms with van der Waals surface area (Å²) in [5, 5.41) is 11.2. The van der Waals surface area contributed by atoms with Gasteiger partial charge in [0, 0.05) is 17.8 Å². The van der Waals surface area contributed by atoms with Crippen molar-refractivity contribution in [3.8, 4) is 22.8 Å². The number of rotatable bonds is 3. The van der Waals surface area contributed by atoms with Crippen molar-refractivity contribution in [3.05, 3.63) is 52.3 Å². The first-order valence-corrected chi connectivity index (χ1v) is 7.19. The number of benzene rings is 1. The minimum absolute atomic E-state index is 0.120. The lowest BCUT2D eigenvalue weighted by Crippen LogP contribution is -2.15. The Balaban J connectivity index is 1.95. The van der Waals surface area contributed by atoms with Gasteiger partial charge >= 0.3 is 5.69 Å². The molecule has 4 rings (SSSR count). The number of hydrogen-bond donors (Lipinski definition) is 0. The molecule has 8 nitrogen and oxygen atoms in total. The number of nitro groups is 1. The van der Waals surface area contributed by atoms with Gasteiger partial charge in [-0.2, -0.15) is 0 Å². The fraction of sp³-hybridized carbons (Fsp3) is 0.125. The second-order valence-corrected chi connectivity index (χ2v) is 5.17. The van der Waals surface area contributed by atoms with E-state index in [1.807, 2.05) is 0 Å². The van der Waals surface area contributed by atoms with Gasteiger partial charge in [0.1, 0.15) is 24.6 Å². The molecule has 8 heteroatoms. The summed E-state index contributed by atoms with van der Waals surface area (Å²) in [5.41, 5.74) is 1.18. The van der Waals surface area contributed by atoms with Crippen molar-refractivity contribution in [3.63, 3.8) is 0 Å². The molecular formula is C16H11N3O5. The van der Waals surface area contributed by atoms with Crippen molar-refractivity contribution in [1.82, 2.24) is 9.38 Å². The van der Waals surface area contributed by atoms with Crippen molar-refractivity contribution < 1.29 is 19.2 Å². The van der Waals surface area contributed by atoms with E-state index < -0.39 is 4.92 Å². The van der Waals surface area contributed by atoms with Gasteiger partial charge in [-0.3, -0.25) is 19.3 Å². The lowest BCUT2D eigenvalue weighted by molar-refractivity contribution is -0.383. The molecule has 0 saturated heterocycles. The molecule has 0 bridgehead atoms. The van der Waals surface area contributed by atoms with E-state index in [0.717, 1.165) is 0 Å². The molecule has 24 heavy (non-hydrogen) atoms. The average molecular weight is 325 g/mol. The van der Waals surface area contributed by atoms with Crippen LogP contribution in [0.1, 0.15) is 10.5 Å². The summed E-state index contributed by atoms with van der Waals surface area (Å²) in [6.07, 6.45) is 2.20. The Morgan fingerprint density at radius 3 is 2.75 bits per heavy atom. The number of aldehydes is 1. The van der Waals surface area contributed by atoms with Gasteiger partial charge in [0.2, 0.25) is 5.65 Å². The first kappa shape index (κ1) is 14.2. The van der Waals surface area contributed by atoms with Crippen LogP contribution in [0.5, 0.6) is 11.5 Å². The van der Waals surface area contributed by atoms with Crippen LogP contribution in [-0.2, 0) is 0 Å². The lowest BCUT2D eigenvalue weighted by Gasteiger charge is -2.18. The molecule has 1 aliphatic rings. The molecule has 2 aromatic heterocycles. The molecule has 0 spiro atoms. The van der Waals surface area contributed by atoms with Crippen molar-refractivity contribution in [2.75, 3.05) is 13.2 Å². The number of pyridine rings is 1. The van der Waals surface area contributed by atoms with Crippen LogP contribution in [0.4, 0.5) is 5.69 Å². The molecule has 120 valence electrons. The molecule has 0 unspecified atom stereocenters. The first-order valence-electron chi connectivity index (χ1n) is 7.19. The Hall–Kier alpha value is -3.42. The van der Waals surface area contributed by atoms with Crippen LogP contribution in [-0.4, -0.2) is 33.8 Å². The molecule has 0 amide bonds. The van der Waals surface area contributed by atoms with E-state index in [-0.39, 0.29) is 17.0 Å². The quantitative estimate of drug-likeness (QED) is 0.417. The number of nitrogens with zero attached hydrogens (tertiary/aromatic N) is 3. The first-order chi connectivity index (χ1) is 11.7. The summed E-state index contributed by atoms with van der Waals surface area (Å²) in [5.74, 6) is 1.18. The molecule has 0 saturated carbocycles. The van der Waals surface area contributed by atoms with Crippen molar-refractivity contribution >= 4 is 17.6 Å². The van der Waals surface area contributed by atoms with Gasteiger partial charge in [0.25, 0.3) is 0 Å². The van der Waals surface area contributed by atoms with Gasteiger partial charge in [-0.25, -0.2) is 4.98 Å². The molecule has 3 aromatic rings. The zero-order valence-electron chi connectivity index (χ0n) is 12.3. The van der Waals surface area contributed by atoms with Gasteiger partial charge in [0.15, 0.2) is 17.8 Å². The monoisotopic (exact) mass is 325 g/mol. The SMILES string of the molecule is O=Cc1c(-c2ccc3c(c2)OCCO3)nc2c([N+](=O)[O-])cccn12. The second-order valence-electron chi connectivity index (χ2n) is 5.17. The summed E-state index contributed by atoms with van der Waals surface area (Å²) in [6.45, 7) is 0.917. The molecule has 0 radical (unpaired) electrons. The molecule has 0 atom stereocenters. The van der Waals surface area contributed by atoms with Gasteiger partial charge < -0.3 is 9.47 Å². The summed E-state index contributed by atoms with van der Waals surface area (Å²) in [6, 6.07) is 8.05.